The number of methoxy groups -OCH3 is 1. The molecule has 37 heavy (non-hydrogen) atoms. The van der Waals surface area contributed by atoms with Crippen LogP contribution >= 0.6 is 0 Å². The van der Waals surface area contributed by atoms with Crippen molar-refractivity contribution in [1.82, 2.24) is 0 Å². The highest BCUT2D eigenvalue weighted by atomic mass is 16.6. The molecule has 0 heterocycles. The number of aliphatic hydroxyl groups excluding tert-OH is 1. The number of rotatable bonds is 4. The van der Waals surface area contributed by atoms with E-state index < -0.39 is 52.6 Å². The Morgan fingerprint density at radius 1 is 1.05 bits per heavy atom. The number of carbonyl (C=O) groups excluding carboxylic acids is 3. The van der Waals surface area contributed by atoms with E-state index in [-0.39, 0.29) is 29.5 Å². The third-order valence-corrected chi connectivity index (χ3v) is 11.0. The van der Waals surface area contributed by atoms with Gasteiger partial charge < -0.3 is 19.3 Å². The van der Waals surface area contributed by atoms with E-state index in [1.54, 1.807) is 37.4 Å². The average Bonchev–Trinajstić information content (AvgIpc) is 3.31. The molecule has 7 heteroatoms. The van der Waals surface area contributed by atoms with E-state index in [2.05, 4.69) is 13.8 Å². The number of carbonyl (C=O) groups is 3. The Morgan fingerprint density at radius 3 is 2.30 bits per heavy atom. The molecule has 0 radical (unpaired) electrons. The van der Waals surface area contributed by atoms with Gasteiger partial charge in [-0.3, -0.25) is 9.59 Å². The standard InChI is InChI=1S/C30H40O7/c1-16-15-30(37-25(33)18-11-9-8-10-12-18)21(22(16)36-17(2)31)23(32)28(5)14-13-19-20(27(19,3)4)24(35-7)29(28,6)26(30)34/h8-12,16,19-24,32H,13-15H2,1-7H3/t16-,19+,20+,21-,22+,23-,24-,28+,29-,30-/m1/s1. The van der Waals surface area contributed by atoms with Crippen molar-refractivity contribution in [3.63, 3.8) is 0 Å². The molecule has 1 aromatic rings. The number of fused-ring (bicyclic) bond motifs is 3. The average molecular weight is 513 g/mol. The van der Waals surface area contributed by atoms with Crippen molar-refractivity contribution < 1.29 is 33.7 Å². The van der Waals surface area contributed by atoms with Crippen LogP contribution in [0.4, 0.5) is 0 Å². The fourth-order valence-corrected chi connectivity index (χ4v) is 8.76. The Morgan fingerprint density at radius 2 is 1.70 bits per heavy atom. The third kappa shape index (κ3) is 3.35. The SMILES string of the molecule is CO[C@@H]1[C@@H]2[C@H](CC[C@@]3(C)[C@H](O)[C@H]4[C@@H](OC(C)=O)[C@H](C)C[C@]4(OC(=O)c4ccccc4)C(=O)[C@@]13C)C2(C)C. The van der Waals surface area contributed by atoms with E-state index in [1.807, 2.05) is 20.8 Å². The summed E-state index contributed by atoms with van der Waals surface area (Å²) in [6.07, 6.45) is -0.586. The van der Waals surface area contributed by atoms with Crippen LogP contribution in [0.5, 0.6) is 0 Å². The molecule has 4 aliphatic rings. The summed E-state index contributed by atoms with van der Waals surface area (Å²) in [4.78, 5) is 40.7. The summed E-state index contributed by atoms with van der Waals surface area (Å²) >= 11 is 0. The van der Waals surface area contributed by atoms with Gasteiger partial charge in [0.15, 0.2) is 11.4 Å². The quantitative estimate of drug-likeness (QED) is 0.604. The van der Waals surface area contributed by atoms with E-state index in [4.69, 9.17) is 14.2 Å². The van der Waals surface area contributed by atoms with Crippen LogP contribution in [-0.2, 0) is 23.8 Å². The molecule has 4 saturated carbocycles. The van der Waals surface area contributed by atoms with Crippen LogP contribution in [-0.4, -0.2) is 53.9 Å². The molecule has 0 aliphatic heterocycles. The van der Waals surface area contributed by atoms with Gasteiger partial charge >= 0.3 is 11.9 Å². The molecule has 0 spiro atoms. The zero-order valence-electron chi connectivity index (χ0n) is 22.9. The maximum atomic E-state index is 15.1. The summed E-state index contributed by atoms with van der Waals surface area (Å²) in [5.41, 5.74) is -3.27. The highest BCUT2D eigenvalue weighted by molar-refractivity contribution is 6.00. The Hall–Kier alpha value is -2.25. The molecule has 0 aromatic heterocycles. The van der Waals surface area contributed by atoms with Gasteiger partial charge in [-0.15, -0.1) is 0 Å². The van der Waals surface area contributed by atoms with Crippen molar-refractivity contribution in [2.45, 2.75) is 84.7 Å². The largest absolute Gasteiger partial charge is 0.462 e. The second-order valence-electron chi connectivity index (χ2n) is 13.0. The van der Waals surface area contributed by atoms with Crippen LogP contribution < -0.4 is 0 Å². The predicted molar refractivity (Wildman–Crippen MR) is 135 cm³/mol. The van der Waals surface area contributed by atoms with E-state index in [0.29, 0.717) is 17.9 Å². The minimum absolute atomic E-state index is 0.0181. The van der Waals surface area contributed by atoms with Gasteiger partial charge in [0, 0.05) is 25.9 Å². The summed E-state index contributed by atoms with van der Waals surface area (Å²) in [7, 11) is 1.64. The molecular weight excluding hydrogens is 472 g/mol. The lowest BCUT2D eigenvalue weighted by Crippen LogP contribution is -2.73. The molecule has 202 valence electrons. The van der Waals surface area contributed by atoms with Gasteiger partial charge in [-0.25, -0.2) is 4.79 Å². The smallest absolute Gasteiger partial charge is 0.339 e. The van der Waals surface area contributed by atoms with Crippen LogP contribution in [0.15, 0.2) is 30.3 Å². The first-order chi connectivity index (χ1) is 17.3. The van der Waals surface area contributed by atoms with Crippen LogP contribution in [0.25, 0.3) is 0 Å². The monoisotopic (exact) mass is 512 g/mol. The maximum absolute atomic E-state index is 15.1. The van der Waals surface area contributed by atoms with Crippen molar-refractivity contribution in [2.24, 2.45) is 39.9 Å². The van der Waals surface area contributed by atoms with Crippen molar-refractivity contribution in [3.8, 4) is 0 Å². The van der Waals surface area contributed by atoms with Crippen molar-refractivity contribution in [3.05, 3.63) is 35.9 Å². The number of ketones is 1. The van der Waals surface area contributed by atoms with Crippen LogP contribution in [0.1, 0.15) is 71.2 Å². The molecule has 4 fully saturated rings. The highest BCUT2D eigenvalue weighted by Crippen LogP contribution is 2.74. The van der Waals surface area contributed by atoms with Crippen LogP contribution in [0.3, 0.4) is 0 Å². The molecule has 10 atom stereocenters. The number of benzene rings is 1. The molecule has 7 nitrogen and oxygen atoms in total. The summed E-state index contributed by atoms with van der Waals surface area (Å²) in [6, 6.07) is 8.57. The number of hydrogen-bond acceptors (Lipinski definition) is 7. The second kappa shape index (κ2) is 8.37. The lowest BCUT2D eigenvalue weighted by Gasteiger charge is -2.60. The Kier molecular flexibility index (Phi) is 5.97. The first kappa shape index (κ1) is 26.4. The molecule has 0 saturated heterocycles. The zero-order chi connectivity index (χ0) is 27.1. The minimum atomic E-state index is -1.64. The number of ether oxygens (including phenoxy) is 3. The van der Waals surface area contributed by atoms with Gasteiger partial charge in [-0.05, 0) is 55.1 Å². The molecule has 4 aliphatic carbocycles. The Labute approximate surface area is 219 Å². The molecule has 0 bridgehead atoms. The predicted octanol–water partition coefficient (Wildman–Crippen LogP) is 4.21. The maximum Gasteiger partial charge on any atom is 0.339 e. The lowest BCUT2D eigenvalue weighted by molar-refractivity contribution is -0.233. The van der Waals surface area contributed by atoms with Crippen LogP contribution in [0.2, 0.25) is 0 Å². The van der Waals surface area contributed by atoms with Crippen LogP contribution in [0, 0.1) is 39.9 Å². The van der Waals surface area contributed by atoms with Gasteiger partial charge in [0.2, 0.25) is 0 Å². The first-order valence-corrected chi connectivity index (χ1v) is 13.5. The van der Waals surface area contributed by atoms with Crippen molar-refractivity contribution >= 4 is 17.7 Å². The van der Waals surface area contributed by atoms with Gasteiger partial charge in [0.05, 0.1) is 29.1 Å². The Balaban J connectivity index is 1.68. The fraction of sp³-hybridized carbons (Fsp3) is 0.700. The molecule has 0 unspecified atom stereocenters. The summed E-state index contributed by atoms with van der Waals surface area (Å²) in [6.45, 7) is 11.5. The summed E-state index contributed by atoms with van der Waals surface area (Å²) in [5, 5.41) is 12.2. The second-order valence-corrected chi connectivity index (χ2v) is 13.0. The van der Waals surface area contributed by atoms with Crippen molar-refractivity contribution in [1.29, 1.82) is 0 Å². The summed E-state index contributed by atoms with van der Waals surface area (Å²) in [5.74, 6) is -1.97. The molecule has 1 aromatic carbocycles. The number of Topliss-reactive ketones (excluding diaryl/α,β-unsaturated/α-hetero) is 1. The van der Waals surface area contributed by atoms with E-state index in [1.165, 1.54) is 6.92 Å². The lowest BCUT2D eigenvalue weighted by atomic mass is 9.46. The van der Waals surface area contributed by atoms with E-state index in [0.717, 1.165) is 6.42 Å². The fourth-order valence-electron chi connectivity index (χ4n) is 8.76. The normalized spacial score (nSPS) is 45.6. The van der Waals surface area contributed by atoms with Gasteiger partial charge in [-0.1, -0.05) is 45.9 Å². The molecule has 5 rings (SSSR count). The third-order valence-electron chi connectivity index (χ3n) is 11.0. The number of hydrogen-bond donors (Lipinski definition) is 1. The zero-order valence-corrected chi connectivity index (χ0v) is 22.9. The van der Waals surface area contributed by atoms with Gasteiger partial charge in [0.1, 0.15) is 6.10 Å². The highest BCUT2D eigenvalue weighted by Gasteiger charge is 2.80. The van der Waals surface area contributed by atoms with E-state index >= 15 is 4.79 Å². The van der Waals surface area contributed by atoms with Gasteiger partial charge in [-0.2, -0.15) is 0 Å². The van der Waals surface area contributed by atoms with Crippen molar-refractivity contribution in [2.75, 3.05) is 7.11 Å². The molecule has 0 amide bonds. The molecular formula is C30H40O7. The minimum Gasteiger partial charge on any atom is -0.462 e. The van der Waals surface area contributed by atoms with E-state index in [9.17, 15) is 14.7 Å². The first-order valence-electron chi connectivity index (χ1n) is 13.5. The summed E-state index contributed by atoms with van der Waals surface area (Å²) < 4.78 is 18.2. The number of esters is 2. The Bertz CT molecular complexity index is 1110. The molecule has 1 N–H and O–H groups in total. The topological polar surface area (TPSA) is 99.1 Å². The number of aliphatic hydroxyl groups is 1. The van der Waals surface area contributed by atoms with Gasteiger partial charge in [0.25, 0.3) is 0 Å².